The molecule has 1 saturated carbocycles. The van der Waals surface area contributed by atoms with Crippen molar-refractivity contribution in [2.45, 2.75) is 150 Å². The summed E-state index contributed by atoms with van der Waals surface area (Å²) in [6.45, 7) is 10.3. The Labute approximate surface area is 491 Å². The van der Waals surface area contributed by atoms with Gasteiger partial charge in [0.05, 0.1) is 31.3 Å². The molecule has 3 fully saturated rings. The van der Waals surface area contributed by atoms with Crippen LogP contribution < -0.4 is 25.8 Å². The number of carbonyl (C=O) groups is 5. The number of carboxylic acids is 1. The zero-order chi connectivity index (χ0) is 60.0. The number of benzene rings is 2. The number of rotatable bonds is 22. The Hall–Kier alpha value is -4.99. The second-order valence-electron chi connectivity index (χ2n) is 24.1. The number of piperidine rings is 1. The lowest BCUT2D eigenvalue weighted by Crippen LogP contribution is -2.82. The van der Waals surface area contributed by atoms with Crippen LogP contribution in [0.5, 0.6) is 5.75 Å². The number of hydrazine groups is 1. The van der Waals surface area contributed by atoms with Gasteiger partial charge in [0.25, 0.3) is 5.91 Å². The Morgan fingerprint density at radius 2 is 1.71 bits per heavy atom. The van der Waals surface area contributed by atoms with Gasteiger partial charge >= 0.3 is 12.1 Å². The third-order valence-corrected chi connectivity index (χ3v) is 21.7. The fourth-order valence-electron chi connectivity index (χ4n) is 15.5. The maximum Gasteiger partial charge on any atom is 0.426 e. The number of carboxylic acid groups (broad SMARTS) is 1. The molecule has 22 nitrogen and oxygen atoms in total. The predicted molar refractivity (Wildman–Crippen MR) is 313 cm³/mol. The average molecular weight is 1190 g/mol. The molecular formula is C59H83N7O15S2. The van der Waals surface area contributed by atoms with Gasteiger partial charge in [0.1, 0.15) is 42.8 Å². The average Bonchev–Trinajstić information content (AvgIpc) is 1.55. The molecule has 3 aromatic rings. The summed E-state index contributed by atoms with van der Waals surface area (Å²) >= 11 is 0. The zero-order valence-corrected chi connectivity index (χ0v) is 49.8. The molecule has 5 aliphatic heterocycles. The molecule has 9 rings (SSSR count). The van der Waals surface area contributed by atoms with E-state index in [1.165, 1.54) is 5.56 Å². The van der Waals surface area contributed by atoms with Crippen molar-refractivity contribution in [3.05, 3.63) is 70.9 Å². The van der Waals surface area contributed by atoms with E-state index in [2.05, 4.69) is 69.1 Å². The van der Waals surface area contributed by atoms with Gasteiger partial charge in [-0.2, -0.15) is 0 Å². The minimum atomic E-state index is -2.55. The van der Waals surface area contributed by atoms with Crippen molar-refractivity contribution in [1.82, 2.24) is 31.0 Å². The molecular weight excluding hydrogens is 1110 g/mol. The summed E-state index contributed by atoms with van der Waals surface area (Å²) < 4.78 is 11.8. The van der Waals surface area contributed by atoms with Crippen LogP contribution in [0.25, 0.3) is 10.9 Å². The minimum absolute atomic E-state index is 0.0356. The van der Waals surface area contributed by atoms with Crippen LogP contribution >= 0.6 is 21.6 Å². The van der Waals surface area contributed by atoms with Crippen LogP contribution in [0.15, 0.2) is 48.6 Å². The van der Waals surface area contributed by atoms with Crippen molar-refractivity contribution in [3.63, 3.8) is 0 Å². The largest absolute Gasteiger partial charge is 0.496 e. The van der Waals surface area contributed by atoms with Gasteiger partial charge in [0.2, 0.25) is 5.91 Å². The molecule has 1 unspecified atom stereocenters. The fraction of sp³-hybridized carbons (Fsp3) is 0.644. The number of hydrogen-bond acceptors (Lipinski definition) is 19. The second kappa shape index (κ2) is 24.8. The summed E-state index contributed by atoms with van der Waals surface area (Å²) in [4.78, 5) is 76.9. The molecule has 456 valence electrons. The van der Waals surface area contributed by atoms with Gasteiger partial charge in [0.15, 0.2) is 11.4 Å². The number of anilines is 1. The van der Waals surface area contributed by atoms with E-state index in [0.29, 0.717) is 63.9 Å². The van der Waals surface area contributed by atoms with Crippen molar-refractivity contribution in [2.24, 2.45) is 17.3 Å². The molecule has 6 heterocycles. The number of H-pyrrole nitrogens is 1. The number of ether oxygens (including phenoxy) is 2. The van der Waals surface area contributed by atoms with Gasteiger partial charge in [-0.25, -0.2) is 10.2 Å². The Morgan fingerprint density at radius 3 is 2.41 bits per heavy atom. The smallest absolute Gasteiger partial charge is 0.426 e. The Bertz CT molecular complexity index is 2950. The lowest BCUT2D eigenvalue weighted by Gasteiger charge is -2.63. The van der Waals surface area contributed by atoms with E-state index in [4.69, 9.17) is 9.47 Å². The number of nitrogens with zero attached hydrogens (tertiary/aromatic N) is 3. The van der Waals surface area contributed by atoms with Gasteiger partial charge in [-0.1, -0.05) is 72.7 Å². The Morgan fingerprint density at radius 1 is 0.952 bits per heavy atom. The second-order valence-corrected chi connectivity index (χ2v) is 26.7. The lowest BCUT2D eigenvalue weighted by atomic mass is 9.47. The highest BCUT2D eigenvalue weighted by atomic mass is 33.1. The quantitative estimate of drug-likeness (QED) is 0.0297. The summed E-state index contributed by atoms with van der Waals surface area (Å²) in [6, 6.07) is 9.45. The lowest BCUT2D eigenvalue weighted by molar-refractivity contribution is -0.204. The number of carbonyl (C=O) groups excluding carboxylic acids is 4. The van der Waals surface area contributed by atoms with Gasteiger partial charge in [-0.15, -0.1) is 0 Å². The summed E-state index contributed by atoms with van der Waals surface area (Å²) in [6.07, 6.45) is -1.41. The van der Waals surface area contributed by atoms with E-state index < -0.39 is 113 Å². The van der Waals surface area contributed by atoms with Crippen LogP contribution in [0.3, 0.4) is 0 Å². The molecule has 12 N–H and O–H groups in total. The molecule has 2 bridgehead atoms. The van der Waals surface area contributed by atoms with Crippen molar-refractivity contribution >= 4 is 67.8 Å². The fourth-order valence-corrected chi connectivity index (χ4v) is 17.6. The van der Waals surface area contributed by atoms with E-state index in [-0.39, 0.29) is 36.5 Å². The number of fused-ring (bicyclic) bond motifs is 6. The van der Waals surface area contributed by atoms with Gasteiger partial charge in [-0.05, 0) is 87.6 Å². The number of likely N-dealkylation sites (N-methyl/N-ethyl adjacent to an activating group) is 1. The first-order valence-electron chi connectivity index (χ1n) is 29.0. The van der Waals surface area contributed by atoms with Crippen LogP contribution in [0, 0.1) is 17.3 Å². The standard InChI is InChI=1S/C59H83N7O15S2/c1-7-13-44(70)61-45(47(72)46(71)42(69)30-67)41(68)24-34(49(73)74)31-83-82-23-22-81-54(77)63-62-53(76)59(79)51-58(18-21-66-19-12-17-57(9-3,50(58)66)52(59)75)37-25-38(43(80-6)26-40(37)64(51)5)55(4)27-33-28-56(78,8-2)32-65(29-33)20-16-36-35-14-10-11-15-39(35)60-48(36)55/h10-12,14-15,17,25-26,33-34,42,45-47,50-52,60,67,69,71-72,75,78-79H,7-9,13,16,18-24,27-32H2,1-6H3,(H,61,70)(H,62,76)(H,63,77)(H,73,74)/t33-,34-,42+,45+,46+,47+,50-,51+,52+,55+,56-,57+,58+,59-/m0/s1. The van der Waals surface area contributed by atoms with Crippen LogP contribution in [0.4, 0.5) is 10.5 Å². The topological polar surface area (TPSA) is 327 Å². The monoisotopic (exact) mass is 1190 g/mol. The van der Waals surface area contributed by atoms with Crippen LogP contribution in [0.1, 0.15) is 101 Å². The summed E-state index contributed by atoms with van der Waals surface area (Å²) in [5.41, 5.74) is 4.44. The number of aliphatic carboxylic acids is 1. The Kier molecular flexibility index (Phi) is 18.7. The molecule has 2 aromatic carbocycles. The number of para-hydroxylation sites is 1. The van der Waals surface area contributed by atoms with Crippen molar-refractivity contribution < 1.29 is 74.3 Å². The third kappa shape index (κ3) is 11.1. The van der Waals surface area contributed by atoms with Crippen LogP contribution in [-0.4, -0.2) is 211 Å². The number of Topliss-reactive ketones (excluding diaryl/α,β-unsaturated/α-hetero) is 1. The molecule has 83 heavy (non-hydrogen) atoms. The summed E-state index contributed by atoms with van der Waals surface area (Å²) in [5.74, 6) is -4.57. The van der Waals surface area contributed by atoms with Crippen molar-refractivity contribution in [3.8, 4) is 5.75 Å². The molecule has 1 spiro atoms. The number of amides is 3. The first-order valence-corrected chi connectivity index (χ1v) is 31.5. The van der Waals surface area contributed by atoms with Crippen LogP contribution in [-0.2, 0) is 41.2 Å². The van der Waals surface area contributed by atoms with Gasteiger partial charge < -0.3 is 65.5 Å². The number of aromatic amines is 1. The number of methoxy groups -OCH3 is 1. The van der Waals surface area contributed by atoms with E-state index in [1.807, 2.05) is 43.2 Å². The highest BCUT2D eigenvalue weighted by Gasteiger charge is 2.79. The third-order valence-electron chi connectivity index (χ3n) is 19.3. The normalized spacial score (nSPS) is 31.6. The van der Waals surface area contributed by atoms with E-state index >= 15 is 4.79 Å². The highest BCUT2D eigenvalue weighted by molar-refractivity contribution is 8.76. The number of hydrogen-bond donors (Lipinski definition) is 12. The summed E-state index contributed by atoms with van der Waals surface area (Å²) in [7, 11) is 5.64. The number of ketones is 1. The van der Waals surface area contributed by atoms with E-state index in [0.717, 1.165) is 74.5 Å². The molecule has 6 aliphatic rings. The maximum absolute atomic E-state index is 15.1. The maximum atomic E-state index is 15.1. The first-order chi connectivity index (χ1) is 39.5. The number of nitrogens with one attached hydrogen (secondary N) is 4. The molecule has 1 aliphatic carbocycles. The van der Waals surface area contributed by atoms with Crippen molar-refractivity contribution in [2.75, 3.05) is 76.5 Å². The number of aliphatic hydroxyl groups is 7. The van der Waals surface area contributed by atoms with E-state index in [1.54, 1.807) is 14.0 Å². The molecule has 15 atom stereocenters. The molecule has 1 aromatic heterocycles. The van der Waals surface area contributed by atoms with E-state index in [9.17, 15) is 60.0 Å². The molecule has 3 amide bonds. The number of aromatic nitrogens is 1. The predicted octanol–water partition coefficient (Wildman–Crippen LogP) is 2.25. The van der Waals surface area contributed by atoms with Gasteiger partial charge in [0, 0.05) is 114 Å². The molecule has 24 heteroatoms. The molecule has 2 saturated heterocycles. The van der Waals surface area contributed by atoms with Crippen LogP contribution in [0.2, 0.25) is 0 Å². The Balaban J connectivity index is 0.940. The highest BCUT2D eigenvalue weighted by Crippen LogP contribution is 2.67. The van der Waals surface area contributed by atoms with Gasteiger partial charge in [-0.3, -0.25) is 34.4 Å². The zero-order valence-electron chi connectivity index (χ0n) is 48.1. The van der Waals surface area contributed by atoms with Crippen molar-refractivity contribution in [1.29, 1.82) is 0 Å². The summed E-state index contributed by atoms with van der Waals surface area (Å²) in [5, 5.41) is 92.0. The minimum Gasteiger partial charge on any atom is -0.496 e. The SMILES string of the molecule is CCCC(=O)N[C@H](C(=O)C[C@@H](CSSCCOC(=O)NNC(=O)[C@@]1(O)[C@H](O)[C@]2(CC)C=CCN3CC[C@@]4(c5cc([C@@]6(C)C[C@@H]7CN(CCc8c6[nH]c6ccccc86)C[C@](O)(CC)C7)c(OC)cc5N(C)[C@@H]14)[C@@H]32)C(=O)O)[C@@H](O)[C@H](O)[C@H](O)CO. The number of aliphatic hydroxyl groups excluding tert-OH is 5. The first kappa shape index (κ1) is 62.5. The molecule has 0 radical (unpaired) electrons.